The fourth-order valence-corrected chi connectivity index (χ4v) is 1.93. The van der Waals surface area contributed by atoms with Crippen LogP contribution < -0.4 is 5.32 Å². The Balaban J connectivity index is 2.01. The number of alkyl halides is 3. The number of hydrogen-bond acceptors (Lipinski definition) is 2. The molecule has 2 heterocycles. The highest BCUT2D eigenvalue weighted by Crippen LogP contribution is 2.27. The van der Waals surface area contributed by atoms with E-state index in [9.17, 15) is 13.2 Å². The van der Waals surface area contributed by atoms with Crippen molar-refractivity contribution in [3.63, 3.8) is 0 Å². The lowest BCUT2D eigenvalue weighted by molar-refractivity contribution is -0.141. The monoisotopic (exact) mass is 230 g/mol. The number of hydrogen-bond donors (Lipinski definition) is 1. The fourth-order valence-electron chi connectivity index (χ4n) is 1.93. The maximum atomic E-state index is 12.3. The zero-order valence-electron chi connectivity index (χ0n) is 8.72. The van der Waals surface area contributed by atoms with Gasteiger partial charge in [0, 0.05) is 6.20 Å². The van der Waals surface area contributed by atoms with Crippen molar-refractivity contribution in [2.75, 3.05) is 13.1 Å². The van der Waals surface area contributed by atoms with E-state index in [1.807, 2.05) is 0 Å². The molecule has 1 aromatic heterocycles. The molecule has 0 saturated carbocycles. The number of rotatable bonds is 2. The third kappa shape index (κ3) is 2.72. The van der Waals surface area contributed by atoms with Crippen molar-refractivity contribution in [2.45, 2.75) is 19.0 Å². The van der Waals surface area contributed by atoms with E-state index < -0.39 is 11.9 Å². The van der Waals surface area contributed by atoms with Gasteiger partial charge in [-0.3, -0.25) is 4.98 Å². The molecule has 0 radical (unpaired) electrons. The molecule has 2 nitrogen and oxygen atoms in total. The zero-order valence-corrected chi connectivity index (χ0v) is 8.72. The Morgan fingerprint density at radius 2 is 2.19 bits per heavy atom. The summed E-state index contributed by atoms with van der Waals surface area (Å²) >= 11 is 0. The van der Waals surface area contributed by atoms with Crippen LogP contribution >= 0.6 is 0 Å². The minimum absolute atomic E-state index is 0.526. The Hall–Kier alpha value is -1.10. The normalized spacial score (nSPS) is 21.3. The quantitative estimate of drug-likeness (QED) is 0.842. The van der Waals surface area contributed by atoms with Crippen molar-refractivity contribution in [3.8, 4) is 0 Å². The van der Waals surface area contributed by atoms with Crippen molar-refractivity contribution >= 4 is 0 Å². The van der Waals surface area contributed by atoms with Gasteiger partial charge in [0.15, 0.2) is 0 Å². The molecule has 1 N–H and O–H groups in total. The summed E-state index contributed by atoms with van der Waals surface area (Å²) in [5.41, 5.74) is 0.0579. The predicted molar refractivity (Wildman–Crippen MR) is 53.9 cm³/mol. The minimum Gasteiger partial charge on any atom is -0.316 e. The van der Waals surface area contributed by atoms with E-state index in [-0.39, 0.29) is 0 Å². The third-order valence-electron chi connectivity index (χ3n) is 2.80. The zero-order chi connectivity index (χ0) is 11.6. The van der Waals surface area contributed by atoms with Crippen LogP contribution in [0.4, 0.5) is 13.2 Å². The fraction of sp³-hybridized carbons (Fsp3) is 0.545. The topological polar surface area (TPSA) is 24.9 Å². The van der Waals surface area contributed by atoms with Crippen LogP contribution in [0.25, 0.3) is 0 Å². The molecule has 16 heavy (non-hydrogen) atoms. The summed E-state index contributed by atoms with van der Waals surface area (Å²) in [5, 5.41) is 3.23. The summed E-state index contributed by atoms with van der Waals surface area (Å²) in [6.45, 7) is 1.94. The number of aromatic nitrogens is 1. The molecular formula is C11H13F3N2. The second kappa shape index (κ2) is 4.41. The van der Waals surface area contributed by atoms with Gasteiger partial charge in [0.25, 0.3) is 0 Å². The molecule has 1 atom stereocenters. The SMILES string of the molecule is FC(F)(F)c1ccc(C[C@H]2CCNC2)cn1. The van der Waals surface area contributed by atoms with Gasteiger partial charge in [-0.2, -0.15) is 13.2 Å². The standard InChI is InChI=1S/C11H13F3N2/c12-11(13,14)10-2-1-8(7-16-10)5-9-3-4-15-6-9/h1-2,7,9,15H,3-6H2/t9-/m1/s1. The molecule has 1 saturated heterocycles. The first kappa shape index (κ1) is 11.4. The van der Waals surface area contributed by atoms with Crippen molar-refractivity contribution in [2.24, 2.45) is 5.92 Å². The van der Waals surface area contributed by atoms with E-state index in [0.717, 1.165) is 37.6 Å². The van der Waals surface area contributed by atoms with Crippen molar-refractivity contribution in [3.05, 3.63) is 29.6 Å². The molecule has 0 amide bonds. The van der Waals surface area contributed by atoms with Gasteiger partial charge in [-0.05, 0) is 43.5 Å². The molecule has 0 aromatic carbocycles. The van der Waals surface area contributed by atoms with Gasteiger partial charge >= 0.3 is 6.18 Å². The lowest BCUT2D eigenvalue weighted by Crippen LogP contribution is -2.12. The van der Waals surface area contributed by atoms with Crippen LogP contribution in [0.15, 0.2) is 18.3 Å². The molecule has 0 bridgehead atoms. The van der Waals surface area contributed by atoms with Gasteiger partial charge in [0.2, 0.25) is 0 Å². The lowest BCUT2D eigenvalue weighted by atomic mass is 10.00. The summed E-state index contributed by atoms with van der Waals surface area (Å²) in [6.07, 6.45) is -1.12. The first-order valence-corrected chi connectivity index (χ1v) is 5.28. The Morgan fingerprint density at radius 1 is 1.38 bits per heavy atom. The molecular weight excluding hydrogens is 217 g/mol. The summed E-state index contributed by atoms with van der Waals surface area (Å²) < 4.78 is 36.8. The molecule has 2 rings (SSSR count). The molecule has 88 valence electrons. The van der Waals surface area contributed by atoms with Crippen molar-refractivity contribution < 1.29 is 13.2 Å². The highest BCUT2D eigenvalue weighted by molar-refractivity contribution is 5.16. The van der Waals surface area contributed by atoms with Crippen LogP contribution in [0.2, 0.25) is 0 Å². The highest BCUT2D eigenvalue weighted by Gasteiger charge is 2.32. The van der Waals surface area contributed by atoms with Crippen molar-refractivity contribution in [1.82, 2.24) is 10.3 Å². The molecule has 0 aliphatic carbocycles. The van der Waals surface area contributed by atoms with E-state index in [0.29, 0.717) is 5.92 Å². The molecule has 1 aliphatic heterocycles. The van der Waals surface area contributed by atoms with Crippen LogP contribution in [-0.2, 0) is 12.6 Å². The Labute approximate surface area is 91.9 Å². The van der Waals surface area contributed by atoms with Gasteiger partial charge in [0.05, 0.1) is 0 Å². The minimum atomic E-state index is -4.34. The van der Waals surface area contributed by atoms with Crippen LogP contribution in [0.1, 0.15) is 17.7 Å². The van der Waals surface area contributed by atoms with Crippen LogP contribution in [0.5, 0.6) is 0 Å². The lowest BCUT2D eigenvalue weighted by Gasteiger charge is -2.09. The Kier molecular flexibility index (Phi) is 3.14. The van der Waals surface area contributed by atoms with Gasteiger partial charge in [-0.25, -0.2) is 0 Å². The summed E-state index contributed by atoms with van der Waals surface area (Å²) in [7, 11) is 0. The molecule has 1 aromatic rings. The third-order valence-corrected chi connectivity index (χ3v) is 2.80. The van der Waals surface area contributed by atoms with E-state index in [1.165, 1.54) is 12.3 Å². The van der Waals surface area contributed by atoms with Crippen molar-refractivity contribution in [1.29, 1.82) is 0 Å². The first-order valence-electron chi connectivity index (χ1n) is 5.28. The van der Waals surface area contributed by atoms with E-state index >= 15 is 0 Å². The van der Waals surface area contributed by atoms with Gasteiger partial charge in [-0.15, -0.1) is 0 Å². The van der Waals surface area contributed by atoms with Crippen LogP contribution in [0, 0.1) is 5.92 Å². The molecule has 0 spiro atoms. The number of halogens is 3. The molecule has 1 aliphatic rings. The number of pyridine rings is 1. The first-order chi connectivity index (χ1) is 7.55. The second-order valence-electron chi connectivity index (χ2n) is 4.11. The number of nitrogens with zero attached hydrogens (tertiary/aromatic N) is 1. The van der Waals surface area contributed by atoms with Gasteiger partial charge < -0.3 is 5.32 Å². The predicted octanol–water partition coefficient (Wildman–Crippen LogP) is 2.25. The van der Waals surface area contributed by atoms with Gasteiger partial charge in [-0.1, -0.05) is 6.07 Å². The highest BCUT2D eigenvalue weighted by atomic mass is 19.4. The van der Waals surface area contributed by atoms with Gasteiger partial charge in [0.1, 0.15) is 5.69 Å². The van der Waals surface area contributed by atoms with E-state index in [4.69, 9.17) is 0 Å². The Bertz CT molecular complexity index is 339. The average molecular weight is 230 g/mol. The molecule has 0 unspecified atom stereocenters. The maximum absolute atomic E-state index is 12.3. The molecule has 1 fully saturated rings. The summed E-state index contributed by atoms with van der Waals surface area (Å²) in [6, 6.07) is 2.58. The number of nitrogens with one attached hydrogen (secondary N) is 1. The largest absolute Gasteiger partial charge is 0.433 e. The smallest absolute Gasteiger partial charge is 0.316 e. The second-order valence-corrected chi connectivity index (χ2v) is 4.11. The van der Waals surface area contributed by atoms with E-state index in [2.05, 4.69) is 10.3 Å². The van der Waals surface area contributed by atoms with E-state index in [1.54, 1.807) is 0 Å². The summed E-state index contributed by atoms with van der Waals surface area (Å²) in [5.74, 6) is 0.526. The van der Waals surface area contributed by atoms with Crippen LogP contribution in [-0.4, -0.2) is 18.1 Å². The average Bonchev–Trinajstić information content (AvgIpc) is 2.70. The maximum Gasteiger partial charge on any atom is 0.433 e. The molecule has 5 heteroatoms. The van der Waals surface area contributed by atoms with Crippen LogP contribution in [0.3, 0.4) is 0 Å². The Morgan fingerprint density at radius 3 is 2.69 bits per heavy atom. The summed E-state index contributed by atoms with van der Waals surface area (Å²) in [4.78, 5) is 3.45.